The number of carboxylic acids is 1. The summed E-state index contributed by atoms with van der Waals surface area (Å²) in [4.78, 5) is 24.5. The maximum Gasteiger partial charge on any atom is 0.319 e. The van der Waals surface area contributed by atoms with E-state index >= 15 is 0 Å². The molecule has 0 bridgehead atoms. The molecular weight excluding hydrogens is 270 g/mol. The van der Waals surface area contributed by atoms with Crippen molar-refractivity contribution in [3.63, 3.8) is 0 Å². The van der Waals surface area contributed by atoms with Gasteiger partial charge in [0.2, 0.25) is 0 Å². The van der Waals surface area contributed by atoms with Crippen LogP contribution in [0.1, 0.15) is 25.7 Å². The summed E-state index contributed by atoms with van der Waals surface area (Å²) in [7, 11) is 0. The molecule has 2 amide bonds. The van der Waals surface area contributed by atoms with Gasteiger partial charge >= 0.3 is 12.0 Å². The van der Waals surface area contributed by atoms with Crippen LogP contribution in [-0.4, -0.2) is 36.7 Å². The first-order chi connectivity index (χ1) is 10.2. The molecule has 0 aliphatic carbocycles. The Balaban J connectivity index is 1.87. The molecule has 0 aromatic heterocycles. The molecule has 0 radical (unpaired) electrons. The van der Waals surface area contributed by atoms with Crippen LogP contribution in [-0.2, 0) is 4.79 Å². The largest absolute Gasteiger partial charge is 0.481 e. The first-order valence-electron chi connectivity index (χ1n) is 7.27. The van der Waals surface area contributed by atoms with Crippen LogP contribution in [0.2, 0.25) is 0 Å². The van der Waals surface area contributed by atoms with E-state index in [4.69, 9.17) is 5.11 Å². The number of benzene rings is 1. The second-order valence-electron chi connectivity index (χ2n) is 5.09. The molecule has 0 atom stereocenters. The number of amides is 2. The first kappa shape index (κ1) is 15.2. The molecule has 3 N–H and O–H groups in total. The van der Waals surface area contributed by atoms with Gasteiger partial charge in [-0.05, 0) is 31.4 Å². The topological polar surface area (TPSA) is 81.7 Å². The highest BCUT2D eigenvalue weighted by Crippen LogP contribution is 2.28. The van der Waals surface area contributed by atoms with Crippen molar-refractivity contribution in [2.45, 2.75) is 25.7 Å². The lowest BCUT2D eigenvalue weighted by atomic mass is 10.2. The monoisotopic (exact) mass is 291 g/mol. The number of hydrogen-bond acceptors (Lipinski definition) is 3. The van der Waals surface area contributed by atoms with Crippen LogP contribution in [0.4, 0.5) is 16.2 Å². The van der Waals surface area contributed by atoms with Crippen LogP contribution < -0.4 is 15.5 Å². The van der Waals surface area contributed by atoms with Gasteiger partial charge < -0.3 is 20.6 Å². The lowest BCUT2D eigenvalue weighted by Gasteiger charge is -2.21. The van der Waals surface area contributed by atoms with Crippen LogP contribution in [0.15, 0.2) is 24.3 Å². The molecule has 0 saturated carbocycles. The highest BCUT2D eigenvalue weighted by atomic mass is 16.4. The summed E-state index contributed by atoms with van der Waals surface area (Å²) in [5, 5.41) is 14.0. The van der Waals surface area contributed by atoms with E-state index in [1.807, 2.05) is 24.3 Å². The normalized spacial score (nSPS) is 14.0. The van der Waals surface area contributed by atoms with Gasteiger partial charge in [0, 0.05) is 26.1 Å². The molecule has 1 saturated heterocycles. The fraction of sp³-hybridized carbons (Fsp3) is 0.467. The number of carboxylic acid groups (broad SMARTS) is 1. The molecule has 1 fully saturated rings. The van der Waals surface area contributed by atoms with Gasteiger partial charge in [-0.15, -0.1) is 0 Å². The summed E-state index contributed by atoms with van der Waals surface area (Å²) in [5.74, 6) is -0.850. The third kappa shape index (κ3) is 4.66. The number of urea groups is 1. The van der Waals surface area contributed by atoms with E-state index in [9.17, 15) is 9.59 Å². The molecule has 6 heteroatoms. The summed E-state index contributed by atoms with van der Waals surface area (Å²) in [6.07, 6.45) is 2.84. The number of para-hydroxylation sites is 2. The number of carbonyl (C=O) groups is 2. The first-order valence-corrected chi connectivity index (χ1v) is 7.27. The number of hydrogen-bond donors (Lipinski definition) is 3. The highest BCUT2D eigenvalue weighted by molar-refractivity contribution is 5.93. The predicted octanol–water partition coefficient (Wildman–Crippen LogP) is 2.27. The third-order valence-corrected chi connectivity index (χ3v) is 3.45. The van der Waals surface area contributed by atoms with Crippen LogP contribution in [0.5, 0.6) is 0 Å². The standard InChI is InChI=1S/C15H21N3O3/c19-14(20)8-5-9-16-15(21)17-12-6-1-2-7-13(12)18-10-3-4-11-18/h1-2,6-7H,3-5,8-11H2,(H,19,20)(H2,16,17,21). The minimum Gasteiger partial charge on any atom is -0.481 e. The molecule has 0 spiro atoms. The van der Waals surface area contributed by atoms with Gasteiger partial charge in [-0.3, -0.25) is 4.79 Å². The summed E-state index contributed by atoms with van der Waals surface area (Å²) in [6, 6.07) is 7.44. The van der Waals surface area contributed by atoms with Gasteiger partial charge in [0.1, 0.15) is 0 Å². The SMILES string of the molecule is O=C(O)CCCNC(=O)Nc1ccccc1N1CCCC1. The Morgan fingerprint density at radius 1 is 1.19 bits per heavy atom. The van der Waals surface area contributed by atoms with Crippen LogP contribution in [0.3, 0.4) is 0 Å². The van der Waals surface area contributed by atoms with Gasteiger partial charge in [0.15, 0.2) is 0 Å². The summed E-state index contributed by atoms with van der Waals surface area (Å²) >= 11 is 0. The van der Waals surface area contributed by atoms with E-state index in [-0.39, 0.29) is 12.5 Å². The fourth-order valence-electron chi connectivity index (χ4n) is 2.42. The average Bonchev–Trinajstić information content (AvgIpc) is 2.98. The van der Waals surface area contributed by atoms with Crippen molar-refractivity contribution in [3.05, 3.63) is 24.3 Å². The minimum absolute atomic E-state index is 0.0602. The molecule has 1 aromatic carbocycles. The summed E-state index contributed by atoms with van der Waals surface area (Å²) in [5.41, 5.74) is 1.82. The Kier molecular flexibility index (Phi) is 5.43. The van der Waals surface area contributed by atoms with Gasteiger partial charge in [-0.2, -0.15) is 0 Å². The third-order valence-electron chi connectivity index (χ3n) is 3.45. The highest BCUT2D eigenvalue weighted by Gasteiger charge is 2.16. The molecule has 2 rings (SSSR count). The molecule has 1 heterocycles. The van der Waals surface area contributed by atoms with Gasteiger partial charge in [-0.1, -0.05) is 12.1 Å². The lowest BCUT2D eigenvalue weighted by Crippen LogP contribution is -2.30. The van der Waals surface area contributed by atoms with E-state index in [1.165, 1.54) is 12.8 Å². The quantitative estimate of drug-likeness (QED) is 0.702. The van der Waals surface area contributed by atoms with Crippen LogP contribution in [0, 0.1) is 0 Å². The number of anilines is 2. The zero-order valence-electron chi connectivity index (χ0n) is 12.0. The number of rotatable bonds is 6. The van der Waals surface area contributed by atoms with Crippen molar-refractivity contribution < 1.29 is 14.7 Å². The zero-order valence-corrected chi connectivity index (χ0v) is 12.0. The molecular formula is C15H21N3O3. The van der Waals surface area contributed by atoms with E-state index < -0.39 is 5.97 Å². The maximum absolute atomic E-state index is 11.8. The van der Waals surface area contributed by atoms with E-state index in [0.717, 1.165) is 24.5 Å². The maximum atomic E-state index is 11.8. The molecule has 1 aliphatic rings. The number of nitrogens with one attached hydrogen (secondary N) is 2. The Morgan fingerprint density at radius 3 is 2.62 bits per heavy atom. The summed E-state index contributed by atoms with van der Waals surface area (Å²) < 4.78 is 0. The molecule has 6 nitrogen and oxygen atoms in total. The Morgan fingerprint density at radius 2 is 1.90 bits per heavy atom. The van der Waals surface area contributed by atoms with Gasteiger partial charge in [-0.25, -0.2) is 4.79 Å². The average molecular weight is 291 g/mol. The Bertz CT molecular complexity index is 499. The number of nitrogens with zero attached hydrogens (tertiary/aromatic N) is 1. The number of carbonyl (C=O) groups excluding carboxylic acids is 1. The second-order valence-corrected chi connectivity index (χ2v) is 5.09. The lowest BCUT2D eigenvalue weighted by molar-refractivity contribution is -0.137. The smallest absolute Gasteiger partial charge is 0.319 e. The van der Waals surface area contributed by atoms with Crippen molar-refractivity contribution >= 4 is 23.4 Å². The van der Waals surface area contributed by atoms with Crippen molar-refractivity contribution in [1.82, 2.24) is 5.32 Å². The van der Waals surface area contributed by atoms with E-state index in [2.05, 4.69) is 15.5 Å². The van der Waals surface area contributed by atoms with Gasteiger partial charge in [0.05, 0.1) is 11.4 Å². The molecule has 1 aliphatic heterocycles. The van der Waals surface area contributed by atoms with Crippen LogP contribution in [0.25, 0.3) is 0 Å². The second kappa shape index (κ2) is 7.52. The van der Waals surface area contributed by atoms with Crippen LogP contribution >= 0.6 is 0 Å². The van der Waals surface area contributed by atoms with Crippen molar-refractivity contribution in [2.75, 3.05) is 29.9 Å². The minimum atomic E-state index is -0.850. The van der Waals surface area contributed by atoms with Gasteiger partial charge in [0.25, 0.3) is 0 Å². The van der Waals surface area contributed by atoms with E-state index in [0.29, 0.717) is 13.0 Å². The predicted molar refractivity (Wildman–Crippen MR) is 81.8 cm³/mol. The molecule has 114 valence electrons. The Labute approximate surface area is 124 Å². The Hall–Kier alpha value is -2.24. The van der Waals surface area contributed by atoms with Crippen molar-refractivity contribution in [1.29, 1.82) is 0 Å². The molecule has 1 aromatic rings. The number of aliphatic carboxylic acids is 1. The van der Waals surface area contributed by atoms with Crippen molar-refractivity contribution in [2.24, 2.45) is 0 Å². The zero-order chi connectivity index (χ0) is 15.1. The molecule has 21 heavy (non-hydrogen) atoms. The fourth-order valence-corrected chi connectivity index (χ4v) is 2.42. The van der Waals surface area contributed by atoms with Crippen molar-refractivity contribution in [3.8, 4) is 0 Å². The van der Waals surface area contributed by atoms with E-state index in [1.54, 1.807) is 0 Å². The molecule has 0 unspecified atom stereocenters. The summed E-state index contributed by atoms with van der Waals surface area (Å²) in [6.45, 7) is 2.38.